The number of hydrogen-bond acceptors (Lipinski definition) is 7. The molecule has 2 heterocycles. The molecule has 1 aromatic rings. The summed E-state index contributed by atoms with van der Waals surface area (Å²) in [6, 6.07) is 0. The van der Waals surface area contributed by atoms with Crippen molar-refractivity contribution in [2.45, 2.75) is 97.0 Å². The Kier molecular flexibility index (Phi) is 6.56. The molecular formula is C25H36N2O6. The highest BCUT2D eigenvalue weighted by Gasteiger charge is 2.43. The van der Waals surface area contributed by atoms with Gasteiger partial charge in [0.1, 0.15) is 11.4 Å². The maximum Gasteiger partial charge on any atom is 0.421 e. The number of amides is 2. The van der Waals surface area contributed by atoms with Gasteiger partial charge in [0.25, 0.3) is 0 Å². The molecule has 1 saturated heterocycles. The minimum Gasteiger partial charge on any atom is -0.460 e. The Morgan fingerprint density at radius 3 is 2.39 bits per heavy atom. The van der Waals surface area contributed by atoms with E-state index in [0.29, 0.717) is 17.8 Å². The molecule has 2 aliphatic carbocycles. The molecule has 33 heavy (non-hydrogen) atoms. The van der Waals surface area contributed by atoms with Crippen molar-refractivity contribution < 1.29 is 28.4 Å². The average Bonchev–Trinajstić information content (AvgIpc) is 3.41. The number of hydrogen-bond donors (Lipinski definition) is 0. The molecule has 8 nitrogen and oxygen atoms in total. The van der Waals surface area contributed by atoms with E-state index in [0.717, 1.165) is 53.5 Å². The molecular weight excluding hydrogens is 424 g/mol. The van der Waals surface area contributed by atoms with Crippen molar-refractivity contribution in [1.29, 1.82) is 0 Å². The zero-order valence-corrected chi connectivity index (χ0v) is 20.4. The third kappa shape index (κ3) is 5.58. The molecule has 0 aromatic carbocycles. The third-order valence-corrected chi connectivity index (χ3v) is 6.65. The summed E-state index contributed by atoms with van der Waals surface area (Å²) in [5.41, 5.74) is 1.23. The highest BCUT2D eigenvalue weighted by molar-refractivity contribution is 5.97. The number of imide groups is 1. The maximum absolute atomic E-state index is 13.1. The van der Waals surface area contributed by atoms with Crippen LogP contribution in [0.15, 0.2) is 4.52 Å². The van der Waals surface area contributed by atoms with Gasteiger partial charge < -0.3 is 14.0 Å². The van der Waals surface area contributed by atoms with E-state index in [1.54, 1.807) is 20.8 Å². The molecule has 0 spiro atoms. The van der Waals surface area contributed by atoms with Gasteiger partial charge in [-0.3, -0.25) is 9.59 Å². The zero-order chi connectivity index (χ0) is 23.9. The van der Waals surface area contributed by atoms with E-state index in [1.165, 1.54) is 6.42 Å². The van der Waals surface area contributed by atoms with E-state index >= 15 is 0 Å². The molecule has 1 aliphatic heterocycles. The van der Waals surface area contributed by atoms with E-state index in [9.17, 15) is 14.4 Å². The van der Waals surface area contributed by atoms with E-state index in [-0.39, 0.29) is 19.6 Å². The van der Waals surface area contributed by atoms with Crippen LogP contribution in [0.4, 0.5) is 4.79 Å². The summed E-state index contributed by atoms with van der Waals surface area (Å²) in [5.74, 6) is 1.54. The second kappa shape index (κ2) is 9.11. The first-order chi connectivity index (χ1) is 15.5. The van der Waals surface area contributed by atoms with Crippen molar-refractivity contribution in [3.8, 4) is 0 Å². The number of esters is 1. The standard InChI is InChI=1S/C25H36N2O6/c1-14(2)8-15-9-17(10-15)22-21(16-6-7-16)19(26-33-22)11-18(12-20(28)32-25(3,4)5)23(29)27-13-31-24(27)30/h14-18H,6-13H2,1-5H3/t15-,17+,18-/m1/s1. The highest BCUT2D eigenvalue weighted by Crippen LogP contribution is 2.51. The van der Waals surface area contributed by atoms with Crippen LogP contribution in [0, 0.1) is 17.8 Å². The molecule has 1 aromatic heterocycles. The van der Waals surface area contributed by atoms with Gasteiger partial charge in [0, 0.05) is 17.9 Å². The van der Waals surface area contributed by atoms with E-state index in [2.05, 4.69) is 19.0 Å². The van der Waals surface area contributed by atoms with Crippen LogP contribution in [0.5, 0.6) is 0 Å². The molecule has 0 unspecified atom stereocenters. The van der Waals surface area contributed by atoms with Crippen molar-refractivity contribution >= 4 is 18.0 Å². The predicted octanol–water partition coefficient (Wildman–Crippen LogP) is 4.92. The molecule has 3 aliphatic rings. The van der Waals surface area contributed by atoms with Gasteiger partial charge in [-0.25, -0.2) is 9.69 Å². The van der Waals surface area contributed by atoms with Crippen LogP contribution in [0.1, 0.15) is 102 Å². The van der Waals surface area contributed by atoms with Gasteiger partial charge in [-0.2, -0.15) is 0 Å². The second-order valence-electron chi connectivity index (χ2n) is 11.3. The molecule has 0 bridgehead atoms. The molecule has 1 atom stereocenters. The molecule has 182 valence electrons. The van der Waals surface area contributed by atoms with Crippen molar-refractivity contribution in [3.05, 3.63) is 17.0 Å². The summed E-state index contributed by atoms with van der Waals surface area (Å²) in [4.78, 5) is 38.3. The van der Waals surface area contributed by atoms with E-state index in [1.807, 2.05) is 0 Å². The van der Waals surface area contributed by atoms with Crippen LogP contribution in [-0.4, -0.2) is 40.4 Å². The van der Waals surface area contributed by atoms with Crippen molar-refractivity contribution in [2.24, 2.45) is 17.8 Å². The fourth-order valence-electron chi connectivity index (χ4n) is 5.02. The van der Waals surface area contributed by atoms with Gasteiger partial charge in [0.2, 0.25) is 5.91 Å². The van der Waals surface area contributed by atoms with Crippen molar-refractivity contribution in [3.63, 3.8) is 0 Å². The van der Waals surface area contributed by atoms with Gasteiger partial charge in [-0.15, -0.1) is 0 Å². The number of rotatable bonds is 9. The Morgan fingerprint density at radius 1 is 1.18 bits per heavy atom. The molecule has 3 fully saturated rings. The summed E-state index contributed by atoms with van der Waals surface area (Å²) >= 11 is 0. The average molecular weight is 461 g/mol. The number of cyclic esters (lactones) is 1. The number of ether oxygens (including phenoxy) is 2. The summed E-state index contributed by atoms with van der Waals surface area (Å²) in [6.45, 7) is 9.79. The Bertz CT molecular complexity index is 904. The minimum absolute atomic E-state index is 0.0820. The lowest BCUT2D eigenvalue weighted by Gasteiger charge is -2.35. The van der Waals surface area contributed by atoms with Gasteiger partial charge in [-0.05, 0) is 70.6 Å². The van der Waals surface area contributed by atoms with Crippen LogP contribution < -0.4 is 0 Å². The Balaban J connectivity index is 1.51. The van der Waals surface area contributed by atoms with E-state index in [4.69, 9.17) is 14.0 Å². The lowest BCUT2D eigenvalue weighted by atomic mass is 9.69. The molecule has 4 rings (SSSR count). The minimum atomic E-state index is -0.752. The first kappa shape index (κ1) is 23.8. The maximum atomic E-state index is 13.1. The molecule has 8 heteroatoms. The smallest absolute Gasteiger partial charge is 0.421 e. The fraction of sp³-hybridized carbons (Fsp3) is 0.760. The number of aromatic nitrogens is 1. The predicted molar refractivity (Wildman–Crippen MR) is 119 cm³/mol. The highest BCUT2D eigenvalue weighted by atomic mass is 16.6. The molecule has 0 radical (unpaired) electrons. The fourth-order valence-corrected chi connectivity index (χ4v) is 5.02. The number of carbonyl (C=O) groups is 3. The third-order valence-electron chi connectivity index (χ3n) is 6.65. The van der Waals surface area contributed by atoms with Crippen molar-refractivity contribution in [2.75, 3.05) is 6.73 Å². The van der Waals surface area contributed by atoms with Gasteiger partial charge in [-0.1, -0.05) is 19.0 Å². The van der Waals surface area contributed by atoms with Crippen LogP contribution in [-0.2, 0) is 25.5 Å². The van der Waals surface area contributed by atoms with Gasteiger partial charge in [0.05, 0.1) is 18.0 Å². The normalized spacial score (nSPS) is 23.6. The molecule has 2 saturated carbocycles. The summed E-state index contributed by atoms with van der Waals surface area (Å²) < 4.78 is 16.0. The first-order valence-corrected chi connectivity index (χ1v) is 12.2. The quantitative estimate of drug-likeness (QED) is 0.482. The van der Waals surface area contributed by atoms with Crippen LogP contribution in [0.2, 0.25) is 0 Å². The summed E-state index contributed by atoms with van der Waals surface area (Å²) in [5, 5.41) is 4.38. The molecule has 2 amide bonds. The Labute approximate surface area is 195 Å². The van der Waals surface area contributed by atoms with Gasteiger partial charge in [0.15, 0.2) is 6.73 Å². The van der Waals surface area contributed by atoms with Crippen LogP contribution in [0.25, 0.3) is 0 Å². The lowest BCUT2D eigenvalue weighted by molar-refractivity contribution is -0.160. The lowest BCUT2D eigenvalue weighted by Crippen LogP contribution is -2.52. The Morgan fingerprint density at radius 2 is 1.88 bits per heavy atom. The first-order valence-electron chi connectivity index (χ1n) is 12.2. The van der Waals surface area contributed by atoms with Crippen molar-refractivity contribution in [1.82, 2.24) is 10.1 Å². The SMILES string of the molecule is CC(C)C[C@H]1C[C@@H](c2onc(C[C@H](CC(=O)OC(C)(C)C)C(=O)N3COC3=O)c2C2CC2)C1. The van der Waals surface area contributed by atoms with Crippen LogP contribution >= 0.6 is 0 Å². The Hall–Kier alpha value is -2.38. The van der Waals surface area contributed by atoms with Gasteiger partial charge >= 0.3 is 12.1 Å². The second-order valence-corrected chi connectivity index (χ2v) is 11.3. The number of carbonyl (C=O) groups excluding carboxylic acids is 3. The number of nitrogens with zero attached hydrogens (tertiary/aromatic N) is 2. The summed E-state index contributed by atoms with van der Waals surface area (Å²) in [7, 11) is 0. The van der Waals surface area contributed by atoms with Crippen LogP contribution in [0.3, 0.4) is 0 Å². The topological polar surface area (TPSA) is 98.9 Å². The zero-order valence-electron chi connectivity index (χ0n) is 20.4. The van der Waals surface area contributed by atoms with E-state index < -0.39 is 29.5 Å². The monoisotopic (exact) mass is 460 g/mol. The summed E-state index contributed by atoms with van der Waals surface area (Å²) in [6.07, 6.45) is 5.10. The largest absolute Gasteiger partial charge is 0.460 e. The molecule has 0 N–H and O–H groups in total.